The Morgan fingerprint density at radius 1 is 1.26 bits per heavy atom. The summed E-state index contributed by atoms with van der Waals surface area (Å²) in [4.78, 5) is 2.58. The first-order chi connectivity index (χ1) is 12.3. The Kier molecular flexibility index (Phi) is 8.47. The van der Waals surface area contributed by atoms with Crippen LogP contribution in [0.1, 0.15) is 58.9 Å². The van der Waals surface area contributed by atoms with Crippen molar-refractivity contribution < 1.29 is 25.6 Å². The maximum Gasteiger partial charge on any atom is 0.119 e. The number of aromatic amines is 1. The summed E-state index contributed by atoms with van der Waals surface area (Å²) < 4.78 is 0. The normalized spacial score (nSPS) is 17.5. The minimum absolute atomic E-state index is 0.0383. The minimum Gasteiger partial charge on any atom is -0.732 e. The van der Waals surface area contributed by atoms with Crippen molar-refractivity contribution in [3.8, 4) is 0 Å². The van der Waals surface area contributed by atoms with E-state index >= 15 is 0 Å². The number of aromatic nitrogens is 1. The molecule has 0 radical (unpaired) electrons. The van der Waals surface area contributed by atoms with E-state index in [0.717, 1.165) is 5.57 Å². The molecule has 1 heterocycles. The van der Waals surface area contributed by atoms with E-state index in [1.54, 1.807) is 20.8 Å². The number of nitrogens with zero attached hydrogens (tertiary/aromatic N) is 1. The number of rotatable bonds is 11. The van der Waals surface area contributed by atoms with E-state index in [1.165, 1.54) is 12.3 Å². The van der Waals surface area contributed by atoms with Crippen LogP contribution >= 0.6 is 0 Å². The number of hydrogen-bond donors (Lipinski definition) is 6. The molecule has 1 aromatic rings. The van der Waals surface area contributed by atoms with Crippen LogP contribution in [0.25, 0.3) is 0 Å². The first-order valence-electron chi connectivity index (χ1n) is 9.13. The van der Waals surface area contributed by atoms with E-state index in [9.17, 15) is 25.6 Å². The van der Waals surface area contributed by atoms with Crippen LogP contribution in [0.2, 0.25) is 0 Å². The van der Waals surface area contributed by atoms with E-state index in [2.05, 4.69) is 4.98 Å². The van der Waals surface area contributed by atoms with Crippen molar-refractivity contribution in [1.82, 2.24) is 4.98 Å². The predicted molar refractivity (Wildman–Crippen MR) is 103 cm³/mol. The van der Waals surface area contributed by atoms with E-state index in [1.807, 2.05) is 13.0 Å². The van der Waals surface area contributed by atoms with Crippen LogP contribution in [-0.2, 0) is 6.42 Å². The number of hydrogen-bond acceptors (Lipinski definition) is 7. The second kappa shape index (κ2) is 9.68. The number of aliphatic hydroxyl groups excluding tert-OH is 2. The Morgan fingerprint density at radius 2 is 1.89 bits per heavy atom. The van der Waals surface area contributed by atoms with Crippen LogP contribution in [0.15, 0.2) is 23.9 Å². The van der Waals surface area contributed by atoms with Gasteiger partial charge in [0, 0.05) is 12.6 Å². The van der Waals surface area contributed by atoms with Crippen LogP contribution in [-0.4, -0.2) is 54.0 Å². The summed E-state index contributed by atoms with van der Waals surface area (Å²) >= 11 is 0. The van der Waals surface area contributed by atoms with E-state index < -0.39 is 23.4 Å². The van der Waals surface area contributed by atoms with Gasteiger partial charge in [-0.05, 0) is 65.0 Å². The van der Waals surface area contributed by atoms with Crippen LogP contribution in [0, 0.1) is 5.21 Å². The quantitative estimate of drug-likeness (QED) is 0.252. The second-order valence-corrected chi connectivity index (χ2v) is 8.04. The van der Waals surface area contributed by atoms with Gasteiger partial charge in [0.15, 0.2) is 0 Å². The predicted octanol–water partition coefficient (Wildman–Crippen LogP) is 2.00. The molecule has 27 heavy (non-hydrogen) atoms. The zero-order chi connectivity index (χ0) is 20.8. The van der Waals surface area contributed by atoms with Gasteiger partial charge in [0.2, 0.25) is 0 Å². The molecule has 0 aromatic carbocycles. The fraction of sp³-hybridized carbons (Fsp3) is 0.684. The lowest BCUT2D eigenvalue weighted by Crippen LogP contribution is -2.40. The Morgan fingerprint density at radius 3 is 2.41 bits per heavy atom. The molecule has 0 fully saturated rings. The first-order valence-corrected chi connectivity index (χ1v) is 9.13. The third-order valence-electron chi connectivity index (χ3n) is 4.85. The number of nitrogens with one attached hydrogen (secondary N) is 1. The minimum atomic E-state index is -1.32. The zero-order valence-electron chi connectivity index (χ0n) is 16.5. The van der Waals surface area contributed by atoms with Gasteiger partial charge in [0.05, 0.1) is 23.4 Å². The molecule has 156 valence electrons. The zero-order valence-corrected chi connectivity index (χ0v) is 16.5. The molecule has 0 amide bonds. The van der Waals surface area contributed by atoms with Crippen molar-refractivity contribution in [3.63, 3.8) is 0 Å². The van der Waals surface area contributed by atoms with Gasteiger partial charge in [0.1, 0.15) is 5.82 Å². The maximum atomic E-state index is 10.8. The Balaban J connectivity index is 2.48. The largest absolute Gasteiger partial charge is 0.732 e. The molecule has 0 saturated heterocycles. The van der Waals surface area contributed by atoms with Gasteiger partial charge in [-0.2, -0.15) is 0 Å². The standard InChI is InChI=1S/C19H33N2O6/c1-13(7-8-15(22)18(2,3)24)6-5-9-19(4,25)16(23)10-14-11-17(20-12-14)21(26)27/h6,11-12,15-16,20,22-26H,5,7-10H2,1-4H3/q-1/b13-6+/t15-,16+,19?/m1/s1. The monoisotopic (exact) mass is 385 g/mol. The first kappa shape index (κ1) is 23.6. The summed E-state index contributed by atoms with van der Waals surface area (Å²) in [5, 5.41) is 59.7. The Labute approximate surface area is 160 Å². The summed E-state index contributed by atoms with van der Waals surface area (Å²) in [6.07, 6.45) is 3.71. The van der Waals surface area contributed by atoms with Gasteiger partial charge < -0.3 is 35.8 Å². The summed E-state index contributed by atoms with van der Waals surface area (Å²) in [7, 11) is 0. The lowest BCUT2D eigenvalue weighted by Gasteiger charge is -2.29. The SMILES string of the molecule is C/C(=C\CCC(C)(O)[C@@H](O)Cc1c[nH]c(N([O-])O)c1)CC[C@@H](O)C(C)(C)O. The summed E-state index contributed by atoms with van der Waals surface area (Å²) in [6, 6.07) is 1.41. The average Bonchev–Trinajstić information content (AvgIpc) is 3.00. The third kappa shape index (κ3) is 8.00. The molecule has 0 aliphatic rings. The highest BCUT2D eigenvalue weighted by Crippen LogP contribution is 2.23. The number of anilines is 1. The molecular weight excluding hydrogens is 352 g/mol. The molecule has 0 spiro atoms. The topological polar surface area (TPSA) is 143 Å². The van der Waals surface area contributed by atoms with Crippen molar-refractivity contribution >= 4 is 5.82 Å². The maximum absolute atomic E-state index is 10.8. The lowest BCUT2D eigenvalue weighted by atomic mass is 9.89. The average molecular weight is 385 g/mol. The fourth-order valence-corrected chi connectivity index (χ4v) is 2.69. The second-order valence-electron chi connectivity index (χ2n) is 8.04. The van der Waals surface area contributed by atoms with Gasteiger partial charge in [-0.15, -0.1) is 0 Å². The third-order valence-corrected chi connectivity index (χ3v) is 4.85. The molecule has 0 bridgehead atoms. The Hall–Kier alpha value is -1.42. The molecule has 3 atom stereocenters. The van der Waals surface area contributed by atoms with Crippen LogP contribution in [0.3, 0.4) is 0 Å². The molecule has 1 aromatic heterocycles. The smallest absolute Gasteiger partial charge is 0.119 e. The number of allylic oxidation sites excluding steroid dienone is 2. The van der Waals surface area contributed by atoms with Crippen molar-refractivity contribution in [3.05, 3.63) is 34.7 Å². The van der Waals surface area contributed by atoms with Crippen molar-refractivity contribution in [2.45, 2.75) is 83.2 Å². The van der Waals surface area contributed by atoms with E-state index in [4.69, 9.17) is 5.21 Å². The Bertz CT molecular complexity index is 604. The van der Waals surface area contributed by atoms with Gasteiger partial charge in [-0.1, -0.05) is 11.6 Å². The highest BCUT2D eigenvalue weighted by Gasteiger charge is 2.30. The molecule has 8 heteroatoms. The lowest BCUT2D eigenvalue weighted by molar-refractivity contribution is -0.0654. The summed E-state index contributed by atoms with van der Waals surface area (Å²) in [5.74, 6) is -0.0383. The van der Waals surface area contributed by atoms with Gasteiger partial charge in [0.25, 0.3) is 0 Å². The van der Waals surface area contributed by atoms with E-state index in [-0.39, 0.29) is 17.5 Å². The van der Waals surface area contributed by atoms with Gasteiger partial charge in [-0.25, -0.2) is 0 Å². The summed E-state index contributed by atoms with van der Waals surface area (Å²) in [5.41, 5.74) is -0.819. The van der Waals surface area contributed by atoms with Crippen molar-refractivity contribution in [1.29, 1.82) is 0 Å². The van der Waals surface area contributed by atoms with Gasteiger partial charge >= 0.3 is 0 Å². The number of H-pyrrole nitrogens is 1. The van der Waals surface area contributed by atoms with Crippen LogP contribution < -0.4 is 5.23 Å². The van der Waals surface area contributed by atoms with Crippen LogP contribution in [0.4, 0.5) is 5.82 Å². The molecule has 0 aliphatic heterocycles. The molecule has 1 unspecified atom stereocenters. The fourth-order valence-electron chi connectivity index (χ4n) is 2.69. The highest BCUT2D eigenvalue weighted by atomic mass is 16.8. The molecule has 0 aliphatic carbocycles. The van der Waals surface area contributed by atoms with Crippen molar-refractivity contribution in [2.75, 3.05) is 5.23 Å². The van der Waals surface area contributed by atoms with Gasteiger partial charge in [-0.3, -0.25) is 5.21 Å². The summed E-state index contributed by atoms with van der Waals surface area (Å²) in [6.45, 7) is 6.61. The molecule has 0 saturated carbocycles. The highest BCUT2D eigenvalue weighted by molar-refractivity contribution is 5.40. The number of aliphatic hydroxyl groups is 4. The van der Waals surface area contributed by atoms with Crippen molar-refractivity contribution in [2.24, 2.45) is 0 Å². The molecule has 6 N–H and O–H groups in total. The molecule has 1 rings (SSSR count). The molecule has 8 nitrogen and oxygen atoms in total. The van der Waals surface area contributed by atoms with Crippen LogP contribution in [0.5, 0.6) is 0 Å². The molecular formula is C19H33N2O6-. The van der Waals surface area contributed by atoms with E-state index in [0.29, 0.717) is 31.2 Å².